The maximum Gasteiger partial charge on any atom is 0.328 e. The predicted molar refractivity (Wildman–Crippen MR) is 140 cm³/mol. The van der Waals surface area contributed by atoms with Crippen LogP contribution in [0.1, 0.15) is 12.0 Å². The van der Waals surface area contributed by atoms with Gasteiger partial charge in [0.2, 0.25) is 5.89 Å². The Bertz CT molecular complexity index is 1580. The van der Waals surface area contributed by atoms with Crippen LogP contribution in [0.15, 0.2) is 83.4 Å². The van der Waals surface area contributed by atoms with Crippen molar-refractivity contribution < 1.29 is 33.0 Å². The number of ether oxygens (including phenoxy) is 3. The quantitative estimate of drug-likeness (QED) is 0.299. The van der Waals surface area contributed by atoms with Crippen molar-refractivity contribution in [3.8, 4) is 46.1 Å². The van der Waals surface area contributed by atoms with Gasteiger partial charge in [0.15, 0.2) is 5.76 Å². The number of hydrogen-bond acceptors (Lipinski definition) is 9. The van der Waals surface area contributed by atoms with Gasteiger partial charge >= 0.3 is 6.03 Å². The molecule has 0 radical (unpaired) electrons. The SMILES string of the molecule is COCCC1(Oc2ccc(Oc3ccc(-c4cnc(-c5cccc(C#N)c5)o4)cc3)cc2)C(=O)NC(=O)NC1=O. The fourth-order valence-corrected chi connectivity index (χ4v) is 4.02. The van der Waals surface area contributed by atoms with Crippen LogP contribution in [-0.4, -0.2) is 42.1 Å². The summed E-state index contributed by atoms with van der Waals surface area (Å²) in [6.45, 7) is 0.0516. The van der Waals surface area contributed by atoms with Crippen molar-refractivity contribution in [1.29, 1.82) is 5.26 Å². The Morgan fingerprint density at radius 2 is 1.55 bits per heavy atom. The standard InChI is InChI=1S/C29H22N4O7/c1-37-14-13-29(26(34)32-28(36)33-27(29)35)40-23-11-9-22(10-12-23)38-21-7-5-19(6-8-21)24-17-31-25(39-24)20-4-2-3-18(15-20)16-30/h2-12,15,17H,13-14H2,1H3,(H2,32,33,34,35,36). The number of nitrogens with one attached hydrogen (secondary N) is 2. The molecule has 40 heavy (non-hydrogen) atoms. The van der Waals surface area contributed by atoms with Crippen molar-refractivity contribution in [1.82, 2.24) is 15.6 Å². The molecule has 5 rings (SSSR count). The Balaban J connectivity index is 1.26. The summed E-state index contributed by atoms with van der Waals surface area (Å²) in [5.74, 6) is 0.498. The van der Waals surface area contributed by atoms with Crippen LogP contribution in [0.5, 0.6) is 17.2 Å². The van der Waals surface area contributed by atoms with Crippen molar-refractivity contribution in [2.75, 3.05) is 13.7 Å². The molecule has 2 heterocycles. The van der Waals surface area contributed by atoms with E-state index in [0.29, 0.717) is 34.3 Å². The van der Waals surface area contributed by atoms with Crippen LogP contribution in [0.4, 0.5) is 4.79 Å². The van der Waals surface area contributed by atoms with Gasteiger partial charge in [-0.05, 0) is 66.7 Å². The molecule has 11 heteroatoms. The van der Waals surface area contributed by atoms with E-state index in [4.69, 9.17) is 23.9 Å². The van der Waals surface area contributed by atoms with Gasteiger partial charge in [-0.2, -0.15) is 5.26 Å². The lowest BCUT2D eigenvalue weighted by atomic mass is 9.95. The molecule has 0 aliphatic carbocycles. The number of aromatic nitrogens is 1. The number of carbonyl (C=O) groups is 3. The molecule has 1 fully saturated rings. The highest BCUT2D eigenvalue weighted by Gasteiger charge is 2.52. The molecule has 0 spiro atoms. The fourth-order valence-electron chi connectivity index (χ4n) is 4.02. The average Bonchev–Trinajstić information content (AvgIpc) is 3.46. The van der Waals surface area contributed by atoms with E-state index in [9.17, 15) is 14.4 Å². The number of methoxy groups -OCH3 is 1. The second-order valence-corrected chi connectivity index (χ2v) is 8.73. The number of rotatable bonds is 9. The lowest BCUT2D eigenvalue weighted by Crippen LogP contribution is -2.69. The first-order valence-corrected chi connectivity index (χ1v) is 12.1. The van der Waals surface area contributed by atoms with E-state index in [1.807, 2.05) is 18.2 Å². The van der Waals surface area contributed by atoms with Crippen LogP contribution in [0.25, 0.3) is 22.8 Å². The first kappa shape index (κ1) is 26.1. The molecular weight excluding hydrogens is 516 g/mol. The zero-order valence-electron chi connectivity index (χ0n) is 21.2. The van der Waals surface area contributed by atoms with E-state index < -0.39 is 23.4 Å². The zero-order chi connectivity index (χ0) is 28.1. The highest BCUT2D eigenvalue weighted by molar-refractivity contribution is 6.21. The fraction of sp³-hybridized carbons (Fsp3) is 0.138. The first-order chi connectivity index (χ1) is 19.4. The maximum atomic E-state index is 12.6. The van der Waals surface area contributed by atoms with Gasteiger partial charge in [-0.25, -0.2) is 9.78 Å². The third-order valence-corrected chi connectivity index (χ3v) is 6.08. The smallest absolute Gasteiger partial charge is 0.328 e. The van der Waals surface area contributed by atoms with Crippen molar-refractivity contribution in [2.24, 2.45) is 0 Å². The molecule has 1 aliphatic rings. The Kier molecular flexibility index (Phi) is 7.26. The molecule has 4 aromatic rings. The minimum Gasteiger partial charge on any atom is -0.467 e. The van der Waals surface area contributed by atoms with E-state index in [0.717, 1.165) is 5.56 Å². The molecule has 2 N–H and O–H groups in total. The summed E-state index contributed by atoms with van der Waals surface area (Å²) in [5, 5.41) is 13.2. The Hall–Kier alpha value is -5.47. The lowest BCUT2D eigenvalue weighted by Gasteiger charge is -2.34. The van der Waals surface area contributed by atoms with E-state index >= 15 is 0 Å². The van der Waals surface area contributed by atoms with E-state index in [-0.39, 0.29) is 18.8 Å². The van der Waals surface area contributed by atoms with Crippen LogP contribution in [0.2, 0.25) is 0 Å². The highest BCUT2D eigenvalue weighted by Crippen LogP contribution is 2.31. The summed E-state index contributed by atoms with van der Waals surface area (Å²) < 4.78 is 22.6. The molecule has 11 nitrogen and oxygen atoms in total. The number of benzene rings is 3. The van der Waals surface area contributed by atoms with Crippen molar-refractivity contribution >= 4 is 17.8 Å². The number of nitriles is 1. The molecule has 1 aliphatic heterocycles. The normalized spacial score (nSPS) is 14.2. The maximum absolute atomic E-state index is 12.6. The predicted octanol–water partition coefficient (Wildman–Crippen LogP) is 4.19. The topological polar surface area (TPSA) is 153 Å². The molecule has 1 aromatic heterocycles. The molecule has 0 bridgehead atoms. The summed E-state index contributed by atoms with van der Waals surface area (Å²) in [4.78, 5) is 41.0. The zero-order valence-corrected chi connectivity index (χ0v) is 21.2. The monoisotopic (exact) mass is 538 g/mol. The minimum atomic E-state index is -1.96. The first-order valence-electron chi connectivity index (χ1n) is 12.1. The lowest BCUT2D eigenvalue weighted by molar-refractivity contribution is -0.153. The molecule has 3 aromatic carbocycles. The summed E-state index contributed by atoms with van der Waals surface area (Å²) in [5.41, 5.74) is 0.0578. The van der Waals surface area contributed by atoms with Gasteiger partial charge in [0.1, 0.15) is 17.2 Å². The van der Waals surface area contributed by atoms with E-state index in [2.05, 4.69) is 21.7 Å². The second kappa shape index (κ2) is 11.1. The van der Waals surface area contributed by atoms with Crippen LogP contribution in [0, 0.1) is 11.3 Å². The number of barbiturate groups is 1. The molecule has 4 amide bonds. The number of carbonyl (C=O) groups excluding carboxylic acids is 3. The summed E-state index contributed by atoms with van der Waals surface area (Å²) in [6, 6.07) is 21.7. The van der Waals surface area contributed by atoms with Gasteiger partial charge < -0.3 is 18.6 Å². The van der Waals surface area contributed by atoms with Crippen LogP contribution in [0.3, 0.4) is 0 Å². The number of imide groups is 2. The number of amides is 4. The third-order valence-electron chi connectivity index (χ3n) is 6.08. The Morgan fingerprint density at radius 1 is 0.900 bits per heavy atom. The van der Waals surface area contributed by atoms with Crippen LogP contribution >= 0.6 is 0 Å². The van der Waals surface area contributed by atoms with Gasteiger partial charge in [0.05, 0.1) is 24.4 Å². The van der Waals surface area contributed by atoms with Gasteiger partial charge in [-0.3, -0.25) is 20.2 Å². The summed E-state index contributed by atoms with van der Waals surface area (Å²) in [6.07, 6.45) is 1.52. The van der Waals surface area contributed by atoms with E-state index in [1.165, 1.54) is 7.11 Å². The largest absolute Gasteiger partial charge is 0.467 e. The van der Waals surface area contributed by atoms with Gasteiger partial charge in [0, 0.05) is 24.7 Å². The van der Waals surface area contributed by atoms with Crippen molar-refractivity contribution in [3.63, 3.8) is 0 Å². The molecular formula is C29H22N4O7. The van der Waals surface area contributed by atoms with Gasteiger partial charge in [-0.15, -0.1) is 0 Å². The number of oxazole rings is 1. The average molecular weight is 539 g/mol. The second-order valence-electron chi connectivity index (χ2n) is 8.73. The van der Waals surface area contributed by atoms with E-state index in [1.54, 1.807) is 60.8 Å². The van der Waals surface area contributed by atoms with Crippen LogP contribution in [-0.2, 0) is 14.3 Å². The number of urea groups is 1. The minimum absolute atomic E-state index is 0.0516. The molecule has 0 unspecified atom stereocenters. The van der Waals surface area contributed by atoms with Crippen molar-refractivity contribution in [3.05, 3.63) is 84.6 Å². The Morgan fingerprint density at radius 3 is 2.20 bits per heavy atom. The molecule has 0 atom stereocenters. The van der Waals surface area contributed by atoms with Crippen LogP contribution < -0.4 is 20.1 Å². The van der Waals surface area contributed by atoms with Gasteiger partial charge in [-0.1, -0.05) is 6.07 Å². The molecule has 1 saturated heterocycles. The third kappa shape index (κ3) is 5.38. The molecule has 200 valence electrons. The highest BCUT2D eigenvalue weighted by atomic mass is 16.5. The summed E-state index contributed by atoms with van der Waals surface area (Å²) >= 11 is 0. The number of nitrogens with zero attached hydrogens (tertiary/aromatic N) is 2. The molecule has 0 saturated carbocycles. The summed E-state index contributed by atoms with van der Waals surface area (Å²) in [7, 11) is 1.43. The van der Waals surface area contributed by atoms with Gasteiger partial charge in [0.25, 0.3) is 17.4 Å². The number of hydrogen-bond donors (Lipinski definition) is 2. The Labute approximate surface area is 228 Å². The van der Waals surface area contributed by atoms with Crippen molar-refractivity contribution in [2.45, 2.75) is 12.0 Å².